The van der Waals surface area contributed by atoms with Gasteiger partial charge in [-0.1, -0.05) is 12.1 Å². The van der Waals surface area contributed by atoms with Crippen molar-refractivity contribution in [2.75, 3.05) is 28.4 Å². The minimum Gasteiger partial charge on any atom is -0.493 e. The van der Waals surface area contributed by atoms with Crippen LogP contribution < -0.4 is 23.7 Å². The van der Waals surface area contributed by atoms with Crippen LogP contribution in [0.15, 0.2) is 54.3 Å². The number of rotatable bonds is 8. The van der Waals surface area contributed by atoms with Crippen LogP contribution in [-0.2, 0) is 11.3 Å². The molecule has 0 spiro atoms. The third kappa shape index (κ3) is 4.70. The Labute approximate surface area is 209 Å². The Bertz CT molecular complexity index is 1310. The molecular formula is C28H26O8. The highest BCUT2D eigenvalue weighted by Gasteiger charge is 2.30. The van der Waals surface area contributed by atoms with Crippen molar-refractivity contribution < 1.29 is 38.0 Å². The first-order chi connectivity index (χ1) is 17.4. The summed E-state index contributed by atoms with van der Waals surface area (Å²) in [6, 6.07) is 13.9. The van der Waals surface area contributed by atoms with Crippen molar-refractivity contribution >= 4 is 17.8 Å². The van der Waals surface area contributed by atoms with Crippen LogP contribution in [-0.4, -0.2) is 40.2 Å². The fourth-order valence-corrected chi connectivity index (χ4v) is 3.88. The molecule has 0 bridgehead atoms. The van der Waals surface area contributed by atoms with E-state index in [2.05, 4.69) is 0 Å². The van der Waals surface area contributed by atoms with Crippen molar-refractivity contribution in [3.8, 4) is 28.7 Å². The van der Waals surface area contributed by atoms with Crippen LogP contribution in [0, 0.1) is 6.92 Å². The molecule has 4 rings (SSSR count). The quantitative estimate of drug-likeness (QED) is 0.322. The van der Waals surface area contributed by atoms with Crippen LogP contribution in [0.25, 0.3) is 6.08 Å². The van der Waals surface area contributed by atoms with Crippen molar-refractivity contribution in [2.45, 2.75) is 13.5 Å². The molecule has 186 valence electrons. The number of hydrogen-bond donors (Lipinski definition) is 0. The molecule has 0 amide bonds. The highest BCUT2D eigenvalue weighted by molar-refractivity contribution is 6.15. The first kappa shape index (κ1) is 24.7. The maximum absolute atomic E-state index is 13.0. The van der Waals surface area contributed by atoms with Gasteiger partial charge in [0.1, 0.15) is 18.1 Å². The molecule has 3 aromatic carbocycles. The van der Waals surface area contributed by atoms with Gasteiger partial charge in [0.15, 0.2) is 17.3 Å². The Morgan fingerprint density at radius 3 is 2.14 bits per heavy atom. The summed E-state index contributed by atoms with van der Waals surface area (Å²) >= 11 is 0. The number of carbonyl (C=O) groups excluding carboxylic acids is 2. The summed E-state index contributed by atoms with van der Waals surface area (Å²) < 4.78 is 32.8. The predicted molar refractivity (Wildman–Crippen MR) is 132 cm³/mol. The molecule has 0 atom stereocenters. The Morgan fingerprint density at radius 2 is 1.56 bits per heavy atom. The number of esters is 1. The zero-order chi connectivity index (χ0) is 25.8. The molecule has 0 N–H and O–H groups in total. The van der Waals surface area contributed by atoms with E-state index in [1.54, 1.807) is 54.6 Å². The van der Waals surface area contributed by atoms with Gasteiger partial charge in [-0.3, -0.25) is 4.79 Å². The smallest absolute Gasteiger partial charge is 0.337 e. The Balaban J connectivity index is 1.55. The maximum atomic E-state index is 13.0. The first-order valence-corrected chi connectivity index (χ1v) is 11.1. The van der Waals surface area contributed by atoms with E-state index in [1.165, 1.54) is 28.4 Å². The second kappa shape index (κ2) is 10.4. The van der Waals surface area contributed by atoms with Crippen LogP contribution >= 0.6 is 0 Å². The number of hydrogen-bond acceptors (Lipinski definition) is 8. The fraction of sp³-hybridized carbons (Fsp3) is 0.214. The van der Waals surface area contributed by atoms with Gasteiger partial charge in [0.25, 0.3) is 0 Å². The molecule has 3 aromatic rings. The van der Waals surface area contributed by atoms with Crippen molar-refractivity contribution in [1.29, 1.82) is 0 Å². The Hall–Kier alpha value is -4.46. The van der Waals surface area contributed by atoms with Crippen molar-refractivity contribution in [1.82, 2.24) is 0 Å². The molecule has 0 aromatic heterocycles. The molecule has 0 unspecified atom stereocenters. The number of Topliss-reactive ketones (excluding diaryl/α,β-unsaturated/α-hetero) is 1. The maximum Gasteiger partial charge on any atom is 0.337 e. The molecular weight excluding hydrogens is 464 g/mol. The van der Waals surface area contributed by atoms with Gasteiger partial charge in [0.05, 0.1) is 39.6 Å². The van der Waals surface area contributed by atoms with Crippen LogP contribution in [0.5, 0.6) is 28.7 Å². The van der Waals surface area contributed by atoms with E-state index >= 15 is 0 Å². The summed E-state index contributed by atoms with van der Waals surface area (Å²) in [6.45, 7) is 2.12. The zero-order valence-electron chi connectivity index (χ0n) is 20.7. The minimum absolute atomic E-state index is 0.179. The molecule has 36 heavy (non-hydrogen) atoms. The van der Waals surface area contributed by atoms with Crippen molar-refractivity contribution in [3.63, 3.8) is 0 Å². The molecule has 0 radical (unpaired) electrons. The number of ether oxygens (including phenoxy) is 6. The van der Waals surface area contributed by atoms with Gasteiger partial charge in [-0.2, -0.15) is 0 Å². The number of ketones is 1. The van der Waals surface area contributed by atoms with Crippen LogP contribution in [0.1, 0.15) is 37.4 Å². The molecule has 0 saturated carbocycles. The lowest BCUT2D eigenvalue weighted by Gasteiger charge is -2.13. The highest BCUT2D eigenvalue weighted by atomic mass is 16.5. The summed E-state index contributed by atoms with van der Waals surface area (Å²) in [5.41, 5.74) is 3.17. The van der Waals surface area contributed by atoms with E-state index in [4.69, 9.17) is 28.4 Å². The molecule has 0 fully saturated rings. The normalized spacial score (nSPS) is 13.1. The van der Waals surface area contributed by atoms with Gasteiger partial charge in [0, 0.05) is 5.56 Å². The van der Waals surface area contributed by atoms with Crippen molar-refractivity contribution in [2.24, 2.45) is 0 Å². The van der Waals surface area contributed by atoms with E-state index in [-0.39, 0.29) is 18.1 Å². The number of fused-ring (bicyclic) bond motifs is 1. The third-order valence-electron chi connectivity index (χ3n) is 5.79. The van der Waals surface area contributed by atoms with Gasteiger partial charge in [-0.05, 0) is 60.5 Å². The van der Waals surface area contributed by atoms with Crippen LogP contribution in [0.4, 0.5) is 0 Å². The van der Waals surface area contributed by atoms with Crippen LogP contribution in [0.2, 0.25) is 0 Å². The molecule has 0 saturated heterocycles. The van der Waals surface area contributed by atoms with E-state index in [9.17, 15) is 9.59 Å². The fourth-order valence-electron chi connectivity index (χ4n) is 3.88. The molecule has 8 heteroatoms. The topological polar surface area (TPSA) is 89.5 Å². The molecule has 1 aliphatic heterocycles. The second-order valence-electron chi connectivity index (χ2n) is 7.94. The lowest BCUT2D eigenvalue weighted by atomic mass is 10.1. The monoisotopic (exact) mass is 490 g/mol. The summed E-state index contributed by atoms with van der Waals surface area (Å²) in [5, 5.41) is 0. The van der Waals surface area contributed by atoms with Gasteiger partial charge < -0.3 is 28.4 Å². The minimum atomic E-state index is -0.394. The second-order valence-corrected chi connectivity index (χ2v) is 7.94. The number of methoxy groups -OCH3 is 4. The van der Waals surface area contributed by atoms with Gasteiger partial charge in [-0.15, -0.1) is 0 Å². The van der Waals surface area contributed by atoms with E-state index < -0.39 is 5.97 Å². The van der Waals surface area contributed by atoms with Gasteiger partial charge in [0.2, 0.25) is 11.5 Å². The van der Waals surface area contributed by atoms with Gasteiger partial charge >= 0.3 is 5.97 Å². The summed E-state index contributed by atoms with van der Waals surface area (Å²) in [6.07, 6.45) is 1.63. The standard InChI is InChI=1S/C28H26O8/c1-16-21(35-15-17-6-8-19(9-7-17)28(30)34-5)11-10-20-25(29)22(36-26(16)20)12-18-13-23(31-2)27(33-4)24(14-18)32-3/h6-14H,15H2,1-5H3/b22-12-. The highest BCUT2D eigenvalue weighted by Crippen LogP contribution is 2.42. The Kier molecular flexibility index (Phi) is 7.15. The SMILES string of the molecule is COC(=O)c1ccc(COc2ccc3c(c2C)O/C(=C\c2cc(OC)c(OC)c(OC)c2)C3=O)cc1. The lowest BCUT2D eigenvalue weighted by Crippen LogP contribution is -2.02. The summed E-state index contributed by atoms with van der Waals surface area (Å²) in [7, 11) is 5.92. The summed E-state index contributed by atoms with van der Waals surface area (Å²) in [5.74, 6) is 2.00. The average molecular weight is 491 g/mol. The van der Waals surface area contributed by atoms with E-state index in [0.717, 1.165) is 5.56 Å². The third-order valence-corrected chi connectivity index (χ3v) is 5.79. The van der Waals surface area contributed by atoms with Gasteiger partial charge in [-0.25, -0.2) is 4.79 Å². The molecule has 8 nitrogen and oxygen atoms in total. The molecule has 1 aliphatic rings. The lowest BCUT2D eigenvalue weighted by molar-refractivity contribution is 0.0600. The first-order valence-electron chi connectivity index (χ1n) is 11.1. The molecule has 0 aliphatic carbocycles. The van der Waals surface area contributed by atoms with E-state index in [1.807, 2.05) is 6.92 Å². The molecule has 1 heterocycles. The predicted octanol–water partition coefficient (Wildman–Crippen LogP) is 5.00. The van der Waals surface area contributed by atoms with Crippen molar-refractivity contribution in [3.05, 3.63) is 82.1 Å². The average Bonchev–Trinajstić information content (AvgIpc) is 3.23. The van der Waals surface area contributed by atoms with E-state index in [0.29, 0.717) is 51.0 Å². The number of allylic oxidation sites excluding steroid dienone is 1. The number of carbonyl (C=O) groups is 2. The number of benzene rings is 3. The summed E-state index contributed by atoms with van der Waals surface area (Å²) in [4.78, 5) is 24.6. The largest absolute Gasteiger partial charge is 0.493 e. The Morgan fingerprint density at radius 1 is 0.889 bits per heavy atom. The van der Waals surface area contributed by atoms with Crippen LogP contribution in [0.3, 0.4) is 0 Å². The zero-order valence-corrected chi connectivity index (χ0v) is 20.7.